The van der Waals surface area contributed by atoms with Crippen LogP contribution in [0.15, 0.2) is 24.3 Å². The van der Waals surface area contributed by atoms with E-state index >= 15 is 0 Å². The average molecular weight is 235 g/mol. The van der Waals surface area contributed by atoms with Gasteiger partial charge in [0.25, 0.3) is 5.91 Å². The highest BCUT2D eigenvalue weighted by Crippen LogP contribution is 2.20. The average Bonchev–Trinajstić information content (AvgIpc) is 2.28. The number of carbonyl (C=O) groups excluding carboxylic acids is 1. The molecule has 0 aliphatic heterocycles. The third-order valence-corrected chi connectivity index (χ3v) is 2.82. The van der Waals surface area contributed by atoms with Crippen LogP contribution < -0.4 is 5.32 Å². The molecule has 0 saturated heterocycles. The first kappa shape index (κ1) is 13.7. The van der Waals surface area contributed by atoms with E-state index in [2.05, 4.69) is 5.32 Å². The van der Waals surface area contributed by atoms with Crippen LogP contribution in [0.4, 0.5) is 0 Å². The third-order valence-electron chi connectivity index (χ3n) is 2.82. The number of rotatable bonds is 4. The fourth-order valence-electron chi connectivity index (χ4n) is 1.45. The molecule has 1 rings (SSSR count). The van der Waals surface area contributed by atoms with Crippen LogP contribution in [0.5, 0.6) is 0 Å². The maximum Gasteiger partial charge on any atom is 0.251 e. The van der Waals surface area contributed by atoms with Crippen LogP contribution in [0.1, 0.15) is 50.0 Å². The summed E-state index contributed by atoms with van der Waals surface area (Å²) >= 11 is 0. The molecule has 0 fully saturated rings. The highest BCUT2D eigenvalue weighted by atomic mass is 16.3. The lowest BCUT2D eigenvalue weighted by atomic mass is 9.96. The van der Waals surface area contributed by atoms with Gasteiger partial charge in [0.1, 0.15) is 0 Å². The molecule has 2 N–H and O–H groups in total. The highest BCUT2D eigenvalue weighted by Gasteiger charge is 2.17. The van der Waals surface area contributed by atoms with E-state index in [1.165, 1.54) is 0 Å². The lowest BCUT2D eigenvalue weighted by Gasteiger charge is -2.19. The van der Waals surface area contributed by atoms with Crippen LogP contribution in [-0.4, -0.2) is 17.1 Å². The smallest absolute Gasteiger partial charge is 0.251 e. The fraction of sp³-hybridized carbons (Fsp3) is 0.500. The quantitative estimate of drug-likeness (QED) is 0.842. The molecule has 0 spiro atoms. The summed E-state index contributed by atoms with van der Waals surface area (Å²) in [5, 5.41) is 12.8. The Bertz CT molecular complexity index is 393. The molecule has 3 nitrogen and oxygen atoms in total. The molecule has 1 atom stereocenters. The first-order valence-corrected chi connectivity index (χ1v) is 5.98. The summed E-state index contributed by atoms with van der Waals surface area (Å²) in [5.41, 5.74) is 0.409. The Morgan fingerprint density at radius 1 is 1.47 bits per heavy atom. The van der Waals surface area contributed by atoms with E-state index in [9.17, 15) is 9.90 Å². The standard InChI is InChI=1S/C14H21NO2/c1-5-10(2)15-13(16)11-7-6-8-12(9-11)14(3,4)17/h6-10,17H,5H2,1-4H3,(H,15,16). The van der Waals surface area contributed by atoms with Gasteiger partial charge in [-0.2, -0.15) is 0 Å². The molecule has 1 unspecified atom stereocenters. The Labute approximate surface area is 103 Å². The number of hydrogen-bond acceptors (Lipinski definition) is 2. The Hall–Kier alpha value is -1.35. The second-order valence-corrected chi connectivity index (χ2v) is 4.92. The molecule has 1 aromatic carbocycles. The molecule has 3 heteroatoms. The summed E-state index contributed by atoms with van der Waals surface area (Å²) in [7, 11) is 0. The van der Waals surface area contributed by atoms with Crippen molar-refractivity contribution in [3.8, 4) is 0 Å². The first-order chi connectivity index (χ1) is 7.84. The van der Waals surface area contributed by atoms with Crippen molar-refractivity contribution in [2.45, 2.75) is 45.8 Å². The van der Waals surface area contributed by atoms with Crippen LogP contribution in [0.25, 0.3) is 0 Å². The molecular formula is C14H21NO2. The Balaban J connectivity index is 2.89. The number of aliphatic hydroxyl groups is 1. The van der Waals surface area contributed by atoms with Gasteiger partial charge < -0.3 is 10.4 Å². The molecule has 0 aliphatic carbocycles. The second-order valence-electron chi connectivity index (χ2n) is 4.92. The van der Waals surface area contributed by atoms with Crippen molar-refractivity contribution in [3.05, 3.63) is 35.4 Å². The Kier molecular flexibility index (Phi) is 4.29. The van der Waals surface area contributed by atoms with Gasteiger partial charge >= 0.3 is 0 Å². The maximum atomic E-state index is 11.9. The predicted molar refractivity (Wildman–Crippen MR) is 68.9 cm³/mol. The van der Waals surface area contributed by atoms with E-state index < -0.39 is 5.60 Å². The highest BCUT2D eigenvalue weighted by molar-refractivity contribution is 5.94. The molecular weight excluding hydrogens is 214 g/mol. The zero-order valence-electron chi connectivity index (χ0n) is 10.9. The van der Waals surface area contributed by atoms with Crippen LogP contribution in [-0.2, 0) is 5.60 Å². The minimum Gasteiger partial charge on any atom is -0.386 e. The molecule has 1 aromatic rings. The van der Waals surface area contributed by atoms with Gasteiger partial charge in [-0.25, -0.2) is 0 Å². The molecule has 0 radical (unpaired) electrons. The number of amides is 1. The van der Waals surface area contributed by atoms with Crippen molar-refractivity contribution in [3.63, 3.8) is 0 Å². The van der Waals surface area contributed by atoms with E-state index in [0.29, 0.717) is 5.56 Å². The maximum absolute atomic E-state index is 11.9. The second kappa shape index (κ2) is 5.32. The number of hydrogen-bond donors (Lipinski definition) is 2. The van der Waals surface area contributed by atoms with Crippen LogP contribution in [0, 0.1) is 0 Å². The topological polar surface area (TPSA) is 49.3 Å². The minimum atomic E-state index is -0.924. The first-order valence-electron chi connectivity index (χ1n) is 5.98. The summed E-state index contributed by atoms with van der Waals surface area (Å²) in [6.45, 7) is 7.41. The van der Waals surface area contributed by atoms with Crippen molar-refractivity contribution in [1.29, 1.82) is 0 Å². The summed E-state index contributed by atoms with van der Waals surface area (Å²) < 4.78 is 0. The lowest BCUT2D eigenvalue weighted by Crippen LogP contribution is -2.32. The van der Waals surface area contributed by atoms with Gasteiger partial charge in [-0.3, -0.25) is 4.79 Å². The fourth-order valence-corrected chi connectivity index (χ4v) is 1.45. The van der Waals surface area contributed by atoms with E-state index in [1.807, 2.05) is 19.9 Å². The summed E-state index contributed by atoms with van der Waals surface area (Å²) in [4.78, 5) is 11.9. The summed E-state index contributed by atoms with van der Waals surface area (Å²) in [6.07, 6.45) is 0.900. The SMILES string of the molecule is CCC(C)NC(=O)c1cccc(C(C)(C)O)c1. The van der Waals surface area contributed by atoms with Crippen molar-refractivity contribution in [2.24, 2.45) is 0 Å². The zero-order chi connectivity index (χ0) is 13.1. The summed E-state index contributed by atoms with van der Waals surface area (Å²) in [6, 6.07) is 7.26. The molecule has 1 amide bonds. The monoisotopic (exact) mass is 235 g/mol. The molecule has 94 valence electrons. The number of carbonyl (C=O) groups is 1. The molecule has 0 heterocycles. The van der Waals surface area contributed by atoms with Gasteiger partial charge in [-0.15, -0.1) is 0 Å². The lowest BCUT2D eigenvalue weighted by molar-refractivity contribution is 0.0784. The normalized spacial score (nSPS) is 13.2. The van der Waals surface area contributed by atoms with E-state index in [1.54, 1.807) is 32.0 Å². The predicted octanol–water partition coefficient (Wildman–Crippen LogP) is 2.44. The molecule has 0 bridgehead atoms. The third kappa shape index (κ3) is 3.86. The molecule has 0 saturated carbocycles. The van der Waals surface area contributed by atoms with Crippen LogP contribution in [0.2, 0.25) is 0 Å². The van der Waals surface area contributed by atoms with Gasteiger partial charge in [0.15, 0.2) is 0 Å². The van der Waals surface area contributed by atoms with Crippen LogP contribution in [0.3, 0.4) is 0 Å². The number of benzene rings is 1. The van der Waals surface area contributed by atoms with Crippen molar-refractivity contribution < 1.29 is 9.90 Å². The van der Waals surface area contributed by atoms with Gasteiger partial charge in [0, 0.05) is 11.6 Å². The molecule has 0 aromatic heterocycles. The largest absolute Gasteiger partial charge is 0.386 e. The Morgan fingerprint density at radius 3 is 2.65 bits per heavy atom. The van der Waals surface area contributed by atoms with E-state index in [0.717, 1.165) is 12.0 Å². The van der Waals surface area contributed by atoms with E-state index in [4.69, 9.17) is 0 Å². The zero-order valence-corrected chi connectivity index (χ0v) is 10.9. The Morgan fingerprint density at radius 2 is 2.12 bits per heavy atom. The van der Waals surface area contributed by atoms with Crippen molar-refractivity contribution >= 4 is 5.91 Å². The minimum absolute atomic E-state index is 0.0922. The van der Waals surface area contributed by atoms with Gasteiger partial charge in [-0.1, -0.05) is 19.1 Å². The van der Waals surface area contributed by atoms with Gasteiger partial charge in [-0.05, 0) is 44.9 Å². The van der Waals surface area contributed by atoms with Gasteiger partial charge in [0.05, 0.1) is 5.60 Å². The van der Waals surface area contributed by atoms with Crippen molar-refractivity contribution in [1.82, 2.24) is 5.32 Å². The van der Waals surface area contributed by atoms with Gasteiger partial charge in [0.2, 0.25) is 0 Å². The van der Waals surface area contributed by atoms with E-state index in [-0.39, 0.29) is 11.9 Å². The van der Waals surface area contributed by atoms with Crippen LogP contribution >= 0.6 is 0 Å². The van der Waals surface area contributed by atoms with Crippen molar-refractivity contribution in [2.75, 3.05) is 0 Å². The molecule has 17 heavy (non-hydrogen) atoms. The number of nitrogens with one attached hydrogen (secondary N) is 1. The molecule has 0 aliphatic rings. The summed E-state index contributed by atoms with van der Waals surface area (Å²) in [5.74, 6) is -0.0922.